The first-order chi connectivity index (χ1) is 21.8. The molecule has 2 amide bonds. The molecular weight excluding hydrogens is 691 g/mol. The fourth-order valence-corrected chi connectivity index (χ4v) is 4.41. The van der Waals surface area contributed by atoms with Gasteiger partial charge in [0.25, 0.3) is 11.8 Å². The molecule has 0 saturated carbocycles. The molecular formula is C28H29BrCl2N10O4. The number of nitrogen functional groups attached to an aromatic ring is 1. The monoisotopic (exact) mass is 718 g/mol. The van der Waals surface area contributed by atoms with Crippen molar-refractivity contribution in [2.45, 2.75) is 0 Å². The topological polar surface area (TPSA) is 174 Å². The SMILES string of the molecule is Nc1cc(Cl)ncn1.O=C(c1ccc(Br)nc1)N1CCOCC1.O=C(c1ccc(Nc2cc(Cl)ncn2)nc1)N1CCOCC1. The first kappa shape index (κ1) is 33.9. The number of nitrogens with one attached hydrogen (secondary N) is 1. The molecule has 4 aromatic rings. The third-order valence-corrected chi connectivity index (χ3v) is 7.01. The van der Waals surface area contributed by atoms with Crippen molar-refractivity contribution in [3.63, 3.8) is 0 Å². The van der Waals surface area contributed by atoms with Crippen LogP contribution in [0, 0.1) is 0 Å². The number of aromatic nitrogens is 6. The Morgan fingerprint density at radius 2 is 1.24 bits per heavy atom. The van der Waals surface area contributed by atoms with Crippen LogP contribution in [0.2, 0.25) is 10.3 Å². The molecule has 17 heteroatoms. The Labute approximate surface area is 277 Å². The summed E-state index contributed by atoms with van der Waals surface area (Å²) in [6.07, 6.45) is 5.81. The van der Waals surface area contributed by atoms with Crippen LogP contribution in [0.4, 0.5) is 17.5 Å². The summed E-state index contributed by atoms with van der Waals surface area (Å²) in [6.45, 7) is 4.94. The Balaban J connectivity index is 0.000000172. The van der Waals surface area contributed by atoms with E-state index >= 15 is 0 Å². The molecule has 3 N–H and O–H groups in total. The van der Waals surface area contributed by atoms with Gasteiger partial charge in [-0.05, 0) is 40.2 Å². The molecule has 0 radical (unpaired) electrons. The number of rotatable bonds is 4. The lowest BCUT2D eigenvalue weighted by atomic mass is 10.2. The Morgan fingerprint density at radius 1 is 0.711 bits per heavy atom. The number of amides is 2. The summed E-state index contributed by atoms with van der Waals surface area (Å²) in [4.78, 5) is 51.1. The van der Waals surface area contributed by atoms with Crippen LogP contribution >= 0.6 is 39.1 Å². The van der Waals surface area contributed by atoms with Crippen molar-refractivity contribution < 1.29 is 19.1 Å². The Morgan fingerprint density at radius 3 is 1.69 bits per heavy atom. The Kier molecular flexibility index (Phi) is 13.1. The smallest absolute Gasteiger partial charge is 0.255 e. The second kappa shape index (κ2) is 17.5. The van der Waals surface area contributed by atoms with E-state index in [1.165, 1.54) is 18.7 Å². The zero-order chi connectivity index (χ0) is 32.0. The number of morpholine rings is 2. The molecule has 0 unspecified atom stereocenters. The molecule has 2 aliphatic heterocycles. The van der Waals surface area contributed by atoms with Crippen LogP contribution in [-0.4, -0.2) is 104 Å². The summed E-state index contributed by atoms with van der Waals surface area (Å²) in [5.41, 5.74) is 6.40. The number of hydrogen-bond donors (Lipinski definition) is 2. The highest BCUT2D eigenvalue weighted by Crippen LogP contribution is 2.16. The maximum Gasteiger partial charge on any atom is 0.255 e. The summed E-state index contributed by atoms with van der Waals surface area (Å²) in [6, 6.07) is 10.1. The van der Waals surface area contributed by atoms with Crippen molar-refractivity contribution in [2.24, 2.45) is 0 Å². The molecule has 2 fully saturated rings. The lowest BCUT2D eigenvalue weighted by molar-refractivity contribution is 0.0301. The third kappa shape index (κ3) is 11.1. The van der Waals surface area contributed by atoms with Crippen LogP contribution in [-0.2, 0) is 9.47 Å². The predicted octanol–water partition coefficient (Wildman–Crippen LogP) is 3.77. The van der Waals surface area contributed by atoms with Gasteiger partial charge in [-0.2, -0.15) is 0 Å². The minimum atomic E-state index is -0.0348. The standard InChI is InChI=1S/C14H14ClN5O2.C10H11BrN2O2.C4H4ClN3/c15-11-7-13(18-9-17-11)19-12-2-1-10(8-16-12)14(21)20-3-5-22-6-4-20;11-9-2-1-8(7-12-9)10(14)13-3-5-15-6-4-13;5-3-1-4(6)8-2-7-3/h1-2,7-9H,3-6H2,(H,16,17,18,19);1-2,7H,3-6H2;1-2H,(H2,6,7,8). The predicted molar refractivity (Wildman–Crippen MR) is 171 cm³/mol. The molecule has 0 atom stereocenters. The zero-order valence-electron chi connectivity index (χ0n) is 23.9. The molecule has 0 bridgehead atoms. The van der Waals surface area contributed by atoms with Gasteiger partial charge in [0, 0.05) is 50.7 Å². The maximum atomic E-state index is 12.3. The molecule has 14 nitrogen and oxygen atoms in total. The molecule has 2 saturated heterocycles. The van der Waals surface area contributed by atoms with Gasteiger partial charge in [-0.3, -0.25) is 9.59 Å². The number of nitrogens with two attached hydrogens (primary N) is 1. The zero-order valence-corrected chi connectivity index (χ0v) is 27.0. The normalized spacial score (nSPS) is 14.3. The van der Waals surface area contributed by atoms with E-state index < -0.39 is 0 Å². The van der Waals surface area contributed by atoms with Gasteiger partial charge in [-0.25, -0.2) is 29.9 Å². The average Bonchev–Trinajstić information content (AvgIpc) is 3.06. The van der Waals surface area contributed by atoms with Crippen LogP contribution in [0.25, 0.3) is 0 Å². The number of pyridine rings is 2. The van der Waals surface area contributed by atoms with Crippen molar-refractivity contribution >= 4 is 68.4 Å². The van der Waals surface area contributed by atoms with Gasteiger partial charge in [0.05, 0.1) is 37.6 Å². The van der Waals surface area contributed by atoms with Gasteiger partial charge < -0.3 is 30.3 Å². The summed E-state index contributed by atoms with van der Waals surface area (Å²) in [5, 5.41) is 3.72. The summed E-state index contributed by atoms with van der Waals surface area (Å²) >= 11 is 14.4. The van der Waals surface area contributed by atoms with E-state index in [1.807, 2.05) is 0 Å². The number of nitrogens with zero attached hydrogens (tertiary/aromatic N) is 8. The number of carbonyl (C=O) groups excluding carboxylic acids is 2. The highest BCUT2D eigenvalue weighted by molar-refractivity contribution is 9.10. The first-order valence-electron chi connectivity index (χ1n) is 13.6. The van der Waals surface area contributed by atoms with Crippen molar-refractivity contribution in [3.05, 3.63) is 87.5 Å². The van der Waals surface area contributed by atoms with Crippen molar-refractivity contribution in [2.75, 3.05) is 63.7 Å². The number of halogens is 3. The van der Waals surface area contributed by atoms with Gasteiger partial charge in [-0.1, -0.05) is 23.2 Å². The van der Waals surface area contributed by atoms with Crippen LogP contribution in [0.5, 0.6) is 0 Å². The van der Waals surface area contributed by atoms with E-state index in [2.05, 4.69) is 51.2 Å². The molecule has 236 valence electrons. The molecule has 2 aliphatic rings. The third-order valence-electron chi connectivity index (χ3n) is 6.13. The number of carbonyl (C=O) groups is 2. The molecule has 0 aromatic carbocycles. The van der Waals surface area contributed by atoms with E-state index in [1.54, 1.807) is 52.5 Å². The Bertz CT molecular complexity index is 1520. The number of hydrogen-bond acceptors (Lipinski definition) is 12. The number of ether oxygens (including phenoxy) is 2. The van der Waals surface area contributed by atoms with Gasteiger partial charge in [0.2, 0.25) is 0 Å². The summed E-state index contributed by atoms with van der Waals surface area (Å²) in [7, 11) is 0. The number of anilines is 3. The van der Waals surface area contributed by atoms with Crippen LogP contribution in [0.15, 0.2) is 66.0 Å². The van der Waals surface area contributed by atoms with Gasteiger partial charge in [0.15, 0.2) is 0 Å². The average molecular weight is 720 g/mol. The Hall–Kier alpha value is -4.02. The first-order valence-corrected chi connectivity index (χ1v) is 15.1. The minimum Gasteiger partial charge on any atom is -0.384 e. The second-order valence-corrected chi connectivity index (χ2v) is 10.8. The van der Waals surface area contributed by atoms with Crippen LogP contribution < -0.4 is 11.1 Å². The largest absolute Gasteiger partial charge is 0.384 e. The fourth-order valence-electron chi connectivity index (χ4n) is 3.88. The molecule has 45 heavy (non-hydrogen) atoms. The molecule has 6 heterocycles. The molecule has 4 aromatic heterocycles. The maximum absolute atomic E-state index is 12.3. The molecule has 0 aliphatic carbocycles. The van der Waals surface area contributed by atoms with Crippen LogP contribution in [0.3, 0.4) is 0 Å². The highest BCUT2D eigenvalue weighted by atomic mass is 79.9. The van der Waals surface area contributed by atoms with Gasteiger partial charge >= 0.3 is 0 Å². The van der Waals surface area contributed by atoms with Gasteiger partial charge in [0.1, 0.15) is 45.0 Å². The quantitative estimate of drug-likeness (QED) is 0.231. The lowest BCUT2D eigenvalue weighted by Gasteiger charge is -2.26. The fraction of sp³-hybridized carbons (Fsp3) is 0.286. The van der Waals surface area contributed by atoms with Crippen LogP contribution in [0.1, 0.15) is 20.7 Å². The molecule has 0 spiro atoms. The van der Waals surface area contributed by atoms with Crippen molar-refractivity contribution in [1.82, 2.24) is 39.7 Å². The minimum absolute atomic E-state index is 0.0262. The van der Waals surface area contributed by atoms with Gasteiger partial charge in [-0.15, -0.1) is 0 Å². The van der Waals surface area contributed by atoms with Crippen molar-refractivity contribution in [3.8, 4) is 0 Å². The summed E-state index contributed by atoms with van der Waals surface area (Å²) in [5.74, 6) is 1.50. The van der Waals surface area contributed by atoms with E-state index in [-0.39, 0.29) is 11.8 Å². The van der Waals surface area contributed by atoms with Crippen molar-refractivity contribution in [1.29, 1.82) is 0 Å². The van der Waals surface area contributed by atoms with E-state index in [0.717, 1.165) is 4.60 Å². The summed E-state index contributed by atoms with van der Waals surface area (Å²) < 4.78 is 11.2. The van der Waals surface area contributed by atoms with E-state index in [4.69, 9.17) is 38.4 Å². The van der Waals surface area contributed by atoms with E-state index in [9.17, 15) is 9.59 Å². The lowest BCUT2D eigenvalue weighted by Crippen LogP contribution is -2.40. The molecule has 6 rings (SSSR count). The highest BCUT2D eigenvalue weighted by Gasteiger charge is 2.19. The second-order valence-electron chi connectivity index (χ2n) is 9.23. The van der Waals surface area contributed by atoms with E-state index in [0.29, 0.717) is 91.5 Å².